The van der Waals surface area contributed by atoms with Gasteiger partial charge in [-0.25, -0.2) is 9.98 Å². The summed E-state index contributed by atoms with van der Waals surface area (Å²) in [5, 5.41) is 21.9. The summed E-state index contributed by atoms with van der Waals surface area (Å²) in [5.41, 5.74) is 2.93. The summed E-state index contributed by atoms with van der Waals surface area (Å²) < 4.78 is 11.1. The Bertz CT molecular complexity index is 992. The highest BCUT2D eigenvalue weighted by molar-refractivity contribution is 5.80. The normalized spacial score (nSPS) is 20.2. The number of nitrogens with zero attached hydrogens (tertiary/aromatic N) is 3. The lowest BCUT2D eigenvalue weighted by Gasteiger charge is -2.25. The first-order valence-electron chi connectivity index (χ1n) is 10.1. The number of methoxy groups -OCH3 is 1. The summed E-state index contributed by atoms with van der Waals surface area (Å²) in [6.45, 7) is 3.08. The number of benzene rings is 1. The van der Waals surface area contributed by atoms with E-state index in [2.05, 4.69) is 37.3 Å². The van der Waals surface area contributed by atoms with Crippen molar-refractivity contribution >= 4 is 17.7 Å². The summed E-state index contributed by atoms with van der Waals surface area (Å²) in [4.78, 5) is 8.82. The van der Waals surface area contributed by atoms with Gasteiger partial charge in [0.1, 0.15) is 23.4 Å². The zero-order chi connectivity index (χ0) is 21.5. The highest BCUT2D eigenvalue weighted by Gasteiger charge is 2.15. The van der Waals surface area contributed by atoms with Gasteiger partial charge in [-0.15, -0.1) is 0 Å². The van der Waals surface area contributed by atoms with Crippen LogP contribution in [0.25, 0.3) is 11.1 Å². The number of ether oxygens (including phenoxy) is 2. The van der Waals surface area contributed by atoms with Crippen LogP contribution in [0.15, 0.2) is 53.5 Å². The van der Waals surface area contributed by atoms with Crippen LogP contribution in [0.5, 0.6) is 5.75 Å². The van der Waals surface area contributed by atoms with Gasteiger partial charge in [0.2, 0.25) is 0 Å². The Labute approximate surface area is 181 Å². The molecule has 0 bridgehead atoms. The maximum Gasteiger partial charge on any atom is 0.150 e. The molecule has 1 aromatic carbocycles. The van der Waals surface area contributed by atoms with E-state index in [1.807, 2.05) is 36.5 Å². The van der Waals surface area contributed by atoms with E-state index in [4.69, 9.17) is 14.7 Å². The highest BCUT2D eigenvalue weighted by atomic mass is 16.5. The quantitative estimate of drug-likeness (QED) is 0.538. The third kappa shape index (κ3) is 5.31. The molecule has 2 atom stereocenters. The van der Waals surface area contributed by atoms with Gasteiger partial charge in [0.25, 0.3) is 0 Å². The molecule has 0 spiro atoms. The molecule has 0 aliphatic carbocycles. The molecule has 2 aliphatic rings. The van der Waals surface area contributed by atoms with E-state index < -0.39 is 6.04 Å². The summed E-state index contributed by atoms with van der Waals surface area (Å²) >= 11 is 0. The summed E-state index contributed by atoms with van der Waals surface area (Å²) in [6, 6.07) is 11.5. The molecular weight excluding hydrogens is 394 g/mol. The van der Waals surface area contributed by atoms with E-state index in [0.29, 0.717) is 24.8 Å². The first kappa shape index (κ1) is 20.7. The number of aliphatic imine (C=N–C) groups is 1. The molecule has 0 saturated carbocycles. The fraction of sp³-hybridized carbons (Fsp3) is 0.318. The number of pyridine rings is 1. The third-order valence-corrected chi connectivity index (χ3v) is 4.99. The lowest BCUT2D eigenvalue weighted by molar-refractivity contribution is 0.0372. The maximum atomic E-state index is 8.95. The van der Waals surface area contributed by atoms with Crippen molar-refractivity contribution in [1.82, 2.24) is 15.6 Å². The van der Waals surface area contributed by atoms with Crippen LogP contribution in [0, 0.1) is 11.3 Å². The minimum atomic E-state index is -0.419. The van der Waals surface area contributed by atoms with Crippen molar-refractivity contribution in [2.24, 2.45) is 4.99 Å². The number of hydrogen-bond donors (Lipinski definition) is 4. The lowest BCUT2D eigenvalue weighted by Crippen LogP contribution is -2.42. The minimum Gasteiger partial charge on any atom is -0.497 e. The van der Waals surface area contributed by atoms with Crippen LogP contribution in [0.3, 0.4) is 0 Å². The predicted molar refractivity (Wildman–Crippen MR) is 120 cm³/mol. The fourth-order valence-electron chi connectivity index (χ4n) is 3.32. The van der Waals surface area contributed by atoms with E-state index in [1.54, 1.807) is 19.5 Å². The standard InChI is InChI=1S/C22H25N7O2/c1-30-17-4-2-15(3-5-17)19-13-28-21(29-22-14-25-16(9-23)10-27-22)8-20(19)26-12-18-11-24-6-7-31-18/h2-5,8,10,13-14,16,18,24-25H,6-7,11-12H2,1H3,(H2,26,28,29)/t16?,18-/m0/s1. The Morgan fingerprint density at radius 1 is 1.32 bits per heavy atom. The van der Waals surface area contributed by atoms with Crippen LogP contribution < -0.4 is 26.0 Å². The van der Waals surface area contributed by atoms with Crippen LogP contribution in [0.4, 0.5) is 11.5 Å². The molecule has 2 aromatic rings. The van der Waals surface area contributed by atoms with Gasteiger partial charge in [-0.3, -0.25) is 0 Å². The van der Waals surface area contributed by atoms with Crippen LogP contribution in [0.1, 0.15) is 0 Å². The molecule has 9 nitrogen and oxygen atoms in total. The Balaban J connectivity index is 1.55. The first-order chi connectivity index (χ1) is 15.2. The van der Waals surface area contributed by atoms with Crippen LogP contribution in [-0.4, -0.2) is 56.7 Å². The molecule has 160 valence electrons. The van der Waals surface area contributed by atoms with Gasteiger partial charge in [0.05, 0.1) is 25.9 Å². The monoisotopic (exact) mass is 419 g/mol. The molecule has 0 radical (unpaired) electrons. The van der Waals surface area contributed by atoms with E-state index in [1.165, 1.54) is 0 Å². The smallest absolute Gasteiger partial charge is 0.150 e. The zero-order valence-corrected chi connectivity index (χ0v) is 17.3. The molecule has 4 N–H and O–H groups in total. The fourth-order valence-corrected chi connectivity index (χ4v) is 3.32. The van der Waals surface area contributed by atoms with E-state index in [9.17, 15) is 0 Å². The van der Waals surface area contributed by atoms with Crippen LogP contribution in [0.2, 0.25) is 0 Å². The largest absolute Gasteiger partial charge is 0.497 e. The van der Waals surface area contributed by atoms with Gasteiger partial charge in [0.15, 0.2) is 0 Å². The third-order valence-electron chi connectivity index (χ3n) is 4.99. The number of anilines is 2. The average Bonchev–Trinajstić information content (AvgIpc) is 2.84. The van der Waals surface area contributed by atoms with E-state index >= 15 is 0 Å². The van der Waals surface area contributed by atoms with Crippen molar-refractivity contribution in [3.05, 3.63) is 48.5 Å². The number of nitrogens with one attached hydrogen (secondary N) is 4. The topological polar surface area (TPSA) is 116 Å². The number of morpholine rings is 1. The van der Waals surface area contributed by atoms with Crippen molar-refractivity contribution in [3.8, 4) is 22.9 Å². The van der Waals surface area contributed by atoms with Crippen molar-refractivity contribution in [1.29, 1.82) is 5.26 Å². The van der Waals surface area contributed by atoms with Crippen molar-refractivity contribution < 1.29 is 9.47 Å². The Morgan fingerprint density at radius 3 is 2.87 bits per heavy atom. The summed E-state index contributed by atoms with van der Waals surface area (Å²) in [7, 11) is 1.65. The lowest BCUT2D eigenvalue weighted by atomic mass is 10.1. The van der Waals surface area contributed by atoms with Gasteiger partial charge in [0, 0.05) is 55.6 Å². The predicted octanol–water partition coefficient (Wildman–Crippen LogP) is 1.93. The Kier molecular flexibility index (Phi) is 6.62. The number of nitriles is 1. The molecule has 31 heavy (non-hydrogen) atoms. The maximum absolute atomic E-state index is 8.95. The number of rotatable bonds is 7. The summed E-state index contributed by atoms with van der Waals surface area (Å²) in [5.74, 6) is 2.03. The Hall–Kier alpha value is -3.61. The highest BCUT2D eigenvalue weighted by Crippen LogP contribution is 2.31. The molecule has 3 heterocycles. The minimum absolute atomic E-state index is 0.0970. The van der Waals surface area contributed by atoms with Gasteiger partial charge in [-0.2, -0.15) is 5.26 Å². The van der Waals surface area contributed by atoms with Crippen LogP contribution >= 0.6 is 0 Å². The van der Waals surface area contributed by atoms with Gasteiger partial charge in [-0.1, -0.05) is 12.1 Å². The average molecular weight is 419 g/mol. The first-order valence-corrected chi connectivity index (χ1v) is 10.1. The molecular formula is C22H25N7O2. The van der Waals surface area contributed by atoms with E-state index in [-0.39, 0.29) is 6.10 Å². The Morgan fingerprint density at radius 2 is 2.19 bits per heavy atom. The second-order valence-electron chi connectivity index (χ2n) is 7.13. The molecule has 4 rings (SSSR count). The molecule has 2 aliphatic heterocycles. The number of hydrogen-bond acceptors (Lipinski definition) is 9. The molecule has 0 amide bonds. The molecule has 1 saturated heterocycles. The second-order valence-corrected chi connectivity index (χ2v) is 7.13. The van der Waals surface area contributed by atoms with Crippen LogP contribution in [-0.2, 0) is 4.74 Å². The molecule has 9 heteroatoms. The number of aromatic nitrogens is 1. The molecule has 1 aromatic heterocycles. The van der Waals surface area contributed by atoms with Crippen molar-refractivity contribution in [3.63, 3.8) is 0 Å². The molecule has 1 unspecified atom stereocenters. The SMILES string of the molecule is COc1ccc(-c2cnc(NC3=CNC(C#N)C=N3)cc2NC[C@@H]2CNCCO2)cc1. The second kappa shape index (κ2) is 9.93. The van der Waals surface area contributed by atoms with Crippen molar-refractivity contribution in [2.45, 2.75) is 12.1 Å². The zero-order valence-electron chi connectivity index (χ0n) is 17.3. The van der Waals surface area contributed by atoms with E-state index in [0.717, 1.165) is 35.7 Å². The molecule has 1 fully saturated rings. The van der Waals surface area contributed by atoms with Gasteiger partial charge >= 0.3 is 0 Å². The van der Waals surface area contributed by atoms with Gasteiger partial charge in [-0.05, 0) is 17.7 Å². The van der Waals surface area contributed by atoms with Crippen molar-refractivity contribution in [2.75, 3.05) is 44.0 Å². The van der Waals surface area contributed by atoms with Gasteiger partial charge < -0.3 is 30.7 Å². The summed E-state index contributed by atoms with van der Waals surface area (Å²) in [6.07, 6.45) is 5.15.